The van der Waals surface area contributed by atoms with Gasteiger partial charge in [-0.25, -0.2) is 0 Å². The molecule has 0 bridgehead atoms. The van der Waals surface area contributed by atoms with Gasteiger partial charge in [0, 0.05) is 6.54 Å². The summed E-state index contributed by atoms with van der Waals surface area (Å²) in [5.74, 6) is 1.72. The van der Waals surface area contributed by atoms with Gasteiger partial charge in [0.15, 0.2) is 0 Å². The second kappa shape index (κ2) is 8.51. The van der Waals surface area contributed by atoms with Gasteiger partial charge >= 0.3 is 5.97 Å². The van der Waals surface area contributed by atoms with E-state index in [2.05, 4.69) is 12.2 Å². The molecule has 2 atom stereocenters. The maximum Gasteiger partial charge on any atom is 0.307 e. The summed E-state index contributed by atoms with van der Waals surface area (Å²) in [6, 6.07) is 0. The third-order valence-electron chi connectivity index (χ3n) is 3.59. The topological polar surface area (TPSA) is 38.3 Å². The van der Waals surface area contributed by atoms with Crippen LogP contribution in [0.3, 0.4) is 0 Å². The number of nitrogens with one attached hydrogen (secondary N) is 1. The molecule has 0 aliphatic heterocycles. The molecule has 3 heteroatoms. The van der Waals surface area contributed by atoms with E-state index in [0.717, 1.165) is 24.9 Å². The van der Waals surface area contributed by atoms with Crippen LogP contribution in [0.4, 0.5) is 0 Å². The first-order valence-corrected chi connectivity index (χ1v) is 7.08. The highest BCUT2D eigenvalue weighted by molar-refractivity contribution is 5.69. The van der Waals surface area contributed by atoms with Crippen molar-refractivity contribution in [2.45, 2.75) is 52.4 Å². The van der Waals surface area contributed by atoms with Crippen molar-refractivity contribution < 1.29 is 9.53 Å². The SMILES string of the molecule is CCOC(=O)CCNCCC1CCCC(C)C1. The first-order chi connectivity index (χ1) is 8.22. The zero-order chi connectivity index (χ0) is 12.5. The number of hydrogen-bond donors (Lipinski definition) is 1. The summed E-state index contributed by atoms with van der Waals surface area (Å²) in [5.41, 5.74) is 0. The van der Waals surface area contributed by atoms with Crippen molar-refractivity contribution in [3.63, 3.8) is 0 Å². The van der Waals surface area contributed by atoms with Crippen molar-refractivity contribution >= 4 is 5.97 Å². The van der Waals surface area contributed by atoms with Crippen LogP contribution in [0.1, 0.15) is 52.4 Å². The maximum absolute atomic E-state index is 11.1. The molecule has 100 valence electrons. The van der Waals surface area contributed by atoms with Gasteiger partial charge in [-0.2, -0.15) is 0 Å². The molecule has 0 aromatic carbocycles. The third-order valence-corrected chi connectivity index (χ3v) is 3.59. The van der Waals surface area contributed by atoms with Crippen LogP contribution in [0, 0.1) is 11.8 Å². The highest BCUT2D eigenvalue weighted by atomic mass is 16.5. The number of hydrogen-bond acceptors (Lipinski definition) is 3. The van der Waals surface area contributed by atoms with Crippen molar-refractivity contribution in [1.29, 1.82) is 0 Å². The molecule has 1 fully saturated rings. The normalized spacial score (nSPS) is 24.6. The van der Waals surface area contributed by atoms with Crippen LogP contribution < -0.4 is 5.32 Å². The molecule has 1 N–H and O–H groups in total. The van der Waals surface area contributed by atoms with Gasteiger partial charge in [0.25, 0.3) is 0 Å². The predicted octanol–water partition coefficient (Wildman–Crippen LogP) is 2.75. The highest BCUT2D eigenvalue weighted by Gasteiger charge is 2.18. The number of rotatable bonds is 7. The molecule has 2 unspecified atom stereocenters. The lowest BCUT2D eigenvalue weighted by Gasteiger charge is -2.26. The molecule has 0 saturated heterocycles. The van der Waals surface area contributed by atoms with E-state index in [-0.39, 0.29) is 5.97 Å². The van der Waals surface area contributed by atoms with Crippen molar-refractivity contribution in [2.24, 2.45) is 11.8 Å². The van der Waals surface area contributed by atoms with Gasteiger partial charge in [0.1, 0.15) is 0 Å². The van der Waals surface area contributed by atoms with Crippen LogP contribution in [0.15, 0.2) is 0 Å². The Hall–Kier alpha value is -0.570. The van der Waals surface area contributed by atoms with E-state index >= 15 is 0 Å². The predicted molar refractivity (Wildman–Crippen MR) is 69.9 cm³/mol. The largest absolute Gasteiger partial charge is 0.466 e. The van der Waals surface area contributed by atoms with E-state index in [0.29, 0.717) is 13.0 Å². The minimum absolute atomic E-state index is 0.0914. The van der Waals surface area contributed by atoms with Crippen LogP contribution >= 0.6 is 0 Å². The minimum atomic E-state index is -0.0914. The monoisotopic (exact) mass is 241 g/mol. The van der Waals surface area contributed by atoms with Crippen molar-refractivity contribution in [2.75, 3.05) is 19.7 Å². The quantitative estimate of drug-likeness (QED) is 0.550. The van der Waals surface area contributed by atoms with Crippen molar-refractivity contribution in [3.05, 3.63) is 0 Å². The second-order valence-electron chi connectivity index (χ2n) is 5.23. The molecule has 0 aromatic heterocycles. The van der Waals surface area contributed by atoms with Gasteiger partial charge in [-0.05, 0) is 38.1 Å². The fourth-order valence-electron chi connectivity index (χ4n) is 2.68. The van der Waals surface area contributed by atoms with Gasteiger partial charge in [-0.1, -0.05) is 26.2 Å². The summed E-state index contributed by atoms with van der Waals surface area (Å²) in [5, 5.41) is 3.34. The first-order valence-electron chi connectivity index (χ1n) is 7.08. The maximum atomic E-state index is 11.1. The summed E-state index contributed by atoms with van der Waals surface area (Å²) in [6.45, 7) is 6.48. The van der Waals surface area contributed by atoms with Crippen LogP contribution in [0.5, 0.6) is 0 Å². The number of carbonyl (C=O) groups is 1. The van der Waals surface area contributed by atoms with Crippen molar-refractivity contribution in [1.82, 2.24) is 5.32 Å². The Balaban J connectivity index is 1.95. The summed E-state index contributed by atoms with van der Waals surface area (Å²) in [6.07, 6.45) is 7.34. The van der Waals surface area contributed by atoms with Crippen LogP contribution in [0.25, 0.3) is 0 Å². The molecular formula is C14H27NO2. The van der Waals surface area contributed by atoms with E-state index in [1.165, 1.54) is 32.1 Å². The van der Waals surface area contributed by atoms with Gasteiger partial charge in [-0.3, -0.25) is 4.79 Å². The molecule has 1 aliphatic rings. The fraction of sp³-hybridized carbons (Fsp3) is 0.929. The molecule has 0 amide bonds. The minimum Gasteiger partial charge on any atom is -0.466 e. The molecule has 3 nitrogen and oxygen atoms in total. The zero-order valence-corrected chi connectivity index (χ0v) is 11.3. The highest BCUT2D eigenvalue weighted by Crippen LogP contribution is 2.30. The Kier molecular flexibility index (Phi) is 7.25. The molecule has 0 spiro atoms. The fourth-order valence-corrected chi connectivity index (χ4v) is 2.68. The van der Waals surface area contributed by atoms with Gasteiger partial charge in [-0.15, -0.1) is 0 Å². The Morgan fingerprint density at radius 3 is 2.88 bits per heavy atom. The van der Waals surface area contributed by atoms with E-state index in [1.807, 2.05) is 6.92 Å². The number of ether oxygens (including phenoxy) is 1. The Bertz CT molecular complexity index is 218. The molecular weight excluding hydrogens is 214 g/mol. The van der Waals surface area contributed by atoms with Crippen LogP contribution in [-0.2, 0) is 9.53 Å². The molecule has 0 heterocycles. The van der Waals surface area contributed by atoms with Crippen LogP contribution in [-0.4, -0.2) is 25.7 Å². The average Bonchev–Trinajstić information content (AvgIpc) is 2.29. The second-order valence-corrected chi connectivity index (χ2v) is 5.23. The number of esters is 1. The van der Waals surface area contributed by atoms with E-state index in [4.69, 9.17) is 4.74 Å². The zero-order valence-electron chi connectivity index (χ0n) is 11.3. The average molecular weight is 241 g/mol. The smallest absolute Gasteiger partial charge is 0.307 e. The summed E-state index contributed by atoms with van der Waals surface area (Å²) in [4.78, 5) is 11.1. The van der Waals surface area contributed by atoms with E-state index < -0.39 is 0 Å². The molecule has 0 aromatic rings. The molecule has 1 rings (SSSR count). The lowest BCUT2D eigenvalue weighted by Crippen LogP contribution is -2.24. The van der Waals surface area contributed by atoms with Gasteiger partial charge in [0.2, 0.25) is 0 Å². The first kappa shape index (κ1) is 14.5. The van der Waals surface area contributed by atoms with Gasteiger partial charge < -0.3 is 10.1 Å². The van der Waals surface area contributed by atoms with E-state index in [1.54, 1.807) is 0 Å². The lowest BCUT2D eigenvalue weighted by atomic mass is 9.81. The molecule has 1 saturated carbocycles. The lowest BCUT2D eigenvalue weighted by molar-refractivity contribution is -0.142. The van der Waals surface area contributed by atoms with E-state index in [9.17, 15) is 4.79 Å². The summed E-state index contributed by atoms with van der Waals surface area (Å²) in [7, 11) is 0. The standard InChI is InChI=1S/C14H27NO2/c1-3-17-14(16)8-10-15-9-7-13-6-4-5-12(2)11-13/h12-13,15H,3-11H2,1-2H3. The van der Waals surface area contributed by atoms with Crippen LogP contribution in [0.2, 0.25) is 0 Å². The molecule has 0 radical (unpaired) electrons. The number of carbonyl (C=O) groups excluding carboxylic acids is 1. The van der Waals surface area contributed by atoms with Crippen molar-refractivity contribution in [3.8, 4) is 0 Å². The Morgan fingerprint density at radius 2 is 2.18 bits per heavy atom. The Labute approximate surface area is 105 Å². The molecule has 1 aliphatic carbocycles. The summed E-state index contributed by atoms with van der Waals surface area (Å²) < 4.78 is 4.87. The van der Waals surface area contributed by atoms with Gasteiger partial charge in [0.05, 0.1) is 13.0 Å². The third kappa shape index (κ3) is 6.67. The Morgan fingerprint density at radius 1 is 1.35 bits per heavy atom. The molecule has 17 heavy (non-hydrogen) atoms. The summed E-state index contributed by atoms with van der Waals surface area (Å²) >= 11 is 0.